The van der Waals surface area contributed by atoms with Crippen LogP contribution in [0.4, 0.5) is 4.39 Å². The minimum Gasteiger partial charge on any atom is -0.374 e. The molecular weight excluding hydrogens is 233 g/mol. The molecular formula is C14H20FNO2. The topological polar surface area (TPSA) is 30.5 Å². The Labute approximate surface area is 107 Å². The highest BCUT2D eigenvalue weighted by Crippen LogP contribution is 2.28. The Bertz CT molecular complexity index is 386. The largest absolute Gasteiger partial charge is 0.374 e. The molecule has 0 aromatic heterocycles. The highest BCUT2D eigenvalue weighted by Gasteiger charge is 2.41. The zero-order valence-electron chi connectivity index (χ0n) is 10.9. The molecule has 0 bridgehead atoms. The van der Waals surface area contributed by atoms with Crippen molar-refractivity contribution in [3.8, 4) is 0 Å². The molecule has 0 amide bonds. The van der Waals surface area contributed by atoms with Crippen molar-refractivity contribution in [2.45, 2.75) is 38.2 Å². The van der Waals surface area contributed by atoms with Crippen LogP contribution >= 0.6 is 0 Å². The maximum atomic E-state index is 13.4. The van der Waals surface area contributed by atoms with E-state index in [2.05, 4.69) is 5.32 Å². The fourth-order valence-corrected chi connectivity index (χ4v) is 2.25. The van der Waals surface area contributed by atoms with Crippen LogP contribution in [0.5, 0.6) is 0 Å². The quantitative estimate of drug-likeness (QED) is 0.842. The Morgan fingerprint density at radius 2 is 2.11 bits per heavy atom. The van der Waals surface area contributed by atoms with Crippen molar-refractivity contribution in [1.82, 2.24) is 5.32 Å². The summed E-state index contributed by atoms with van der Waals surface area (Å²) in [5.74, 6) is -0.213. The van der Waals surface area contributed by atoms with E-state index < -0.39 is 0 Å². The van der Waals surface area contributed by atoms with E-state index in [4.69, 9.17) is 9.47 Å². The normalized spacial score (nSPS) is 26.9. The second kappa shape index (κ2) is 6.27. The van der Waals surface area contributed by atoms with Crippen molar-refractivity contribution in [2.24, 2.45) is 0 Å². The lowest BCUT2D eigenvalue weighted by atomic mass is 9.85. The summed E-state index contributed by atoms with van der Waals surface area (Å²) in [4.78, 5) is 0. The van der Waals surface area contributed by atoms with Gasteiger partial charge < -0.3 is 14.8 Å². The average Bonchev–Trinajstić information content (AvgIpc) is 2.37. The summed E-state index contributed by atoms with van der Waals surface area (Å²) in [5.41, 5.74) is 0.598. The second-order valence-corrected chi connectivity index (χ2v) is 4.49. The van der Waals surface area contributed by atoms with Gasteiger partial charge in [-0.3, -0.25) is 0 Å². The minimum atomic E-state index is -0.213. The maximum absolute atomic E-state index is 13.4. The van der Waals surface area contributed by atoms with Crippen molar-refractivity contribution in [3.63, 3.8) is 0 Å². The molecule has 3 nitrogen and oxygen atoms in total. The van der Waals surface area contributed by atoms with Gasteiger partial charge in [0.05, 0.1) is 18.8 Å². The molecule has 18 heavy (non-hydrogen) atoms. The van der Waals surface area contributed by atoms with Crippen LogP contribution in [0, 0.1) is 5.82 Å². The molecule has 1 N–H and O–H groups in total. The summed E-state index contributed by atoms with van der Waals surface area (Å²) in [5, 5.41) is 3.20. The van der Waals surface area contributed by atoms with E-state index in [1.807, 2.05) is 20.0 Å². The Balaban J connectivity index is 1.86. The first-order valence-electron chi connectivity index (χ1n) is 6.40. The molecule has 100 valence electrons. The molecule has 1 aliphatic rings. The van der Waals surface area contributed by atoms with Gasteiger partial charge in [-0.05, 0) is 26.5 Å². The molecule has 0 aliphatic heterocycles. The summed E-state index contributed by atoms with van der Waals surface area (Å²) < 4.78 is 24.8. The smallest absolute Gasteiger partial charge is 0.128 e. The third kappa shape index (κ3) is 2.88. The Morgan fingerprint density at radius 1 is 1.33 bits per heavy atom. The summed E-state index contributed by atoms with van der Waals surface area (Å²) in [6.45, 7) is 2.94. The van der Waals surface area contributed by atoms with Gasteiger partial charge in [-0.15, -0.1) is 0 Å². The number of hydrogen-bond acceptors (Lipinski definition) is 3. The molecule has 1 fully saturated rings. The van der Waals surface area contributed by atoms with Gasteiger partial charge in [0.2, 0.25) is 0 Å². The minimum absolute atomic E-state index is 0.0574. The zero-order chi connectivity index (χ0) is 13.0. The van der Waals surface area contributed by atoms with Crippen molar-refractivity contribution in [1.29, 1.82) is 0 Å². The van der Waals surface area contributed by atoms with Crippen LogP contribution < -0.4 is 5.32 Å². The van der Waals surface area contributed by atoms with Crippen LogP contribution in [-0.2, 0) is 16.1 Å². The number of ether oxygens (including phenoxy) is 2. The highest BCUT2D eigenvalue weighted by molar-refractivity contribution is 5.16. The lowest BCUT2D eigenvalue weighted by Gasteiger charge is -2.43. The van der Waals surface area contributed by atoms with E-state index in [1.165, 1.54) is 6.07 Å². The molecule has 1 aliphatic carbocycles. The molecule has 0 saturated heterocycles. The molecule has 2 rings (SSSR count). The van der Waals surface area contributed by atoms with Crippen LogP contribution in [0.25, 0.3) is 0 Å². The van der Waals surface area contributed by atoms with Gasteiger partial charge in [-0.1, -0.05) is 18.2 Å². The number of nitrogens with one attached hydrogen (secondary N) is 1. The summed E-state index contributed by atoms with van der Waals surface area (Å²) in [6, 6.07) is 7.05. The first-order chi connectivity index (χ1) is 8.76. The fraction of sp³-hybridized carbons (Fsp3) is 0.571. The Morgan fingerprint density at radius 3 is 2.78 bits per heavy atom. The number of likely N-dealkylation sites (N-methyl/N-ethyl adjacent to an activating group) is 1. The van der Waals surface area contributed by atoms with E-state index in [0.29, 0.717) is 24.8 Å². The van der Waals surface area contributed by atoms with Crippen LogP contribution in [0.3, 0.4) is 0 Å². The van der Waals surface area contributed by atoms with E-state index in [0.717, 1.165) is 6.42 Å². The van der Waals surface area contributed by atoms with Gasteiger partial charge in [0.15, 0.2) is 0 Å². The third-order valence-electron chi connectivity index (χ3n) is 3.39. The Hall–Kier alpha value is -0.970. The van der Waals surface area contributed by atoms with Crippen LogP contribution in [0.2, 0.25) is 0 Å². The summed E-state index contributed by atoms with van der Waals surface area (Å²) in [7, 11) is 1.92. The standard InChI is InChI=1S/C14H20FNO2/c1-3-17-14-12(16-2)8-13(14)18-9-10-6-4-5-7-11(10)15/h4-7,12-14,16H,3,8-9H2,1-2H3. The Kier molecular flexibility index (Phi) is 4.69. The van der Waals surface area contributed by atoms with Gasteiger partial charge in [0.1, 0.15) is 5.82 Å². The molecule has 1 aromatic carbocycles. The van der Waals surface area contributed by atoms with E-state index in [1.54, 1.807) is 12.1 Å². The van der Waals surface area contributed by atoms with Crippen molar-refractivity contribution in [3.05, 3.63) is 35.6 Å². The number of rotatable bonds is 6. The third-order valence-corrected chi connectivity index (χ3v) is 3.39. The molecule has 3 atom stereocenters. The van der Waals surface area contributed by atoms with Crippen LogP contribution in [0.1, 0.15) is 18.9 Å². The summed E-state index contributed by atoms with van der Waals surface area (Å²) >= 11 is 0. The molecule has 0 heterocycles. The maximum Gasteiger partial charge on any atom is 0.128 e. The number of benzene rings is 1. The van der Waals surface area contributed by atoms with Crippen molar-refractivity contribution < 1.29 is 13.9 Å². The van der Waals surface area contributed by atoms with Crippen molar-refractivity contribution in [2.75, 3.05) is 13.7 Å². The molecule has 0 spiro atoms. The van der Waals surface area contributed by atoms with E-state index in [-0.39, 0.29) is 18.0 Å². The predicted octanol–water partition coefficient (Wildman–Crippen LogP) is 2.11. The summed E-state index contributed by atoms with van der Waals surface area (Å²) in [6.07, 6.45) is 1.05. The van der Waals surface area contributed by atoms with Crippen LogP contribution in [-0.4, -0.2) is 31.9 Å². The van der Waals surface area contributed by atoms with Gasteiger partial charge >= 0.3 is 0 Å². The lowest BCUT2D eigenvalue weighted by Crippen LogP contribution is -2.59. The first kappa shape index (κ1) is 13.5. The van der Waals surface area contributed by atoms with Gasteiger partial charge in [-0.25, -0.2) is 4.39 Å². The van der Waals surface area contributed by atoms with E-state index >= 15 is 0 Å². The SMILES string of the molecule is CCOC1C(NC)CC1OCc1ccccc1F. The zero-order valence-corrected chi connectivity index (χ0v) is 10.9. The van der Waals surface area contributed by atoms with Gasteiger partial charge in [0, 0.05) is 18.2 Å². The molecule has 0 radical (unpaired) electrons. The van der Waals surface area contributed by atoms with Crippen molar-refractivity contribution >= 4 is 0 Å². The monoisotopic (exact) mass is 253 g/mol. The predicted molar refractivity (Wildman–Crippen MR) is 67.9 cm³/mol. The number of hydrogen-bond donors (Lipinski definition) is 1. The highest BCUT2D eigenvalue weighted by atomic mass is 19.1. The molecule has 4 heteroatoms. The van der Waals surface area contributed by atoms with Crippen LogP contribution in [0.15, 0.2) is 24.3 Å². The molecule has 3 unspecified atom stereocenters. The lowest BCUT2D eigenvalue weighted by molar-refractivity contribution is -0.149. The van der Waals surface area contributed by atoms with Gasteiger partial charge in [-0.2, -0.15) is 0 Å². The molecule has 1 aromatic rings. The average molecular weight is 253 g/mol. The first-order valence-corrected chi connectivity index (χ1v) is 6.40. The number of halogens is 1. The molecule has 1 saturated carbocycles. The van der Waals surface area contributed by atoms with E-state index in [9.17, 15) is 4.39 Å². The fourth-order valence-electron chi connectivity index (χ4n) is 2.25. The second-order valence-electron chi connectivity index (χ2n) is 4.49. The van der Waals surface area contributed by atoms with Gasteiger partial charge in [0.25, 0.3) is 0 Å².